The lowest BCUT2D eigenvalue weighted by Gasteiger charge is -2.15. The van der Waals surface area contributed by atoms with Crippen molar-refractivity contribution in [2.24, 2.45) is 5.92 Å². The van der Waals surface area contributed by atoms with Crippen LogP contribution >= 0.6 is 0 Å². The average molecular weight is 319 g/mol. The first kappa shape index (κ1) is 19.2. The Hall–Kier alpha value is -1.84. The van der Waals surface area contributed by atoms with Gasteiger partial charge in [-0.25, -0.2) is 0 Å². The minimum Gasteiger partial charge on any atom is -0.461 e. The summed E-state index contributed by atoms with van der Waals surface area (Å²) in [7, 11) is 0. The third kappa shape index (κ3) is 8.38. The second-order valence-corrected chi connectivity index (χ2v) is 5.82. The first-order valence-corrected chi connectivity index (χ1v) is 8.64. The van der Waals surface area contributed by atoms with Gasteiger partial charge in [0.15, 0.2) is 0 Å². The molecule has 4 heteroatoms. The van der Waals surface area contributed by atoms with Crippen LogP contribution in [0.3, 0.4) is 0 Å². The molecule has 128 valence electrons. The molecule has 0 unspecified atom stereocenters. The van der Waals surface area contributed by atoms with Crippen LogP contribution in [0.2, 0.25) is 0 Å². The minimum atomic E-state index is -0.221. The maximum atomic E-state index is 12.1. The highest BCUT2D eigenvalue weighted by atomic mass is 16.5. The van der Waals surface area contributed by atoms with Crippen LogP contribution in [0.15, 0.2) is 30.3 Å². The second kappa shape index (κ2) is 11.7. The Morgan fingerprint density at radius 1 is 1.09 bits per heavy atom. The van der Waals surface area contributed by atoms with Crippen LogP contribution in [0, 0.1) is 5.92 Å². The number of carbonyl (C=O) groups is 2. The molecule has 0 aliphatic heterocycles. The summed E-state index contributed by atoms with van der Waals surface area (Å²) >= 11 is 0. The Balaban J connectivity index is 2.15. The summed E-state index contributed by atoms with van der Waals surface area (Å²) in [6.45, 7) is 5.03. The molecule has 23 heavy (non-hydrogen) atoms. The summed E-state index contributed by atoms with van der Waals surface area (Å²) in [5.74, 6) is 0.00292. The van der Waals surface area contributed by atoms with Crippen LogP contribution < -0.4 is 5.32 Å². The fourth-order valence-corrected chi connectivity index (χ4v) is 2.50. The van der Waals surface area contributed by atoms with Gasteiger partial charge in [-0.15, -0.1) is 0 Å². The van der Waals surface area contributed by atoms with E-state index in [1.165, 1.54) is 0 Å². The zero-order valence-electron chi connectivity index (χ0n) is 14.3. The highest BCUT2D eigenvalue weighted by Gasteiger charge is 2.15. The molecule has 1 rings (SSSR count). The van der Waals surface area contributed by atoms with E-state index in [9.17, 15) is 9.59 Å². The van der Waals surface area contributed by atoms with Crippen LogP contribution in [-0.4, -0.2) is 18.4 Å². The molecule has 0 saturated carbocycles. The molecule has 4 nitrogen and oxygen atoms in total. The van der Waals surface area contributed by atoms with Crippen molar-refractivity contribution >= 4 is 11.9 Å². The Kier molecular flexibility index (Phi) is 9.76. The molecule has 0 radical (unpaired) electrons. The predicted molar refractivity (Wildman–Crippen MR) is 91.8 cm³/mol. The normalized spacial score (nSPS) is 10.6. The van der Waals surface area contributed by atoms with Gasteiger partial charge in [0, 0.05) is 18.9 Å². The van der Waals surface area contributed by atoms with E-state index < -0.39 is 0 Å². The van der Waals surface area contributed by atoms with E-state index in [1.54, 1.807) is 0 Å². The van der Waals surface area contributed by atoms with E-state index >= 15 is 0 Å². The number of hydrogen-bond acceptors (Lipinski definition) is 3. The fraction of sp³-hybridized carbons (Fsp3) is 0.579. The number of hydrogen-bond donors (Lipinski definition) is 1. The molecule has 0 atom stereocenters. The number of nitrogens with one attached hydrogen (secondary N) is 1. The Morgan fingerprint density at radius 2 is 1.74 bits per heavy atom. The molecule has 1 aromatic carbocycles. The van der Waals surface area contributed by atoms with Crippen LogP contribution in [0.25, 0.3) is 0 Å². The molecular weight excluding hydrogens is 290 g/mol. The van der Waals surface area contributed by atoms with E-state index in [2.05, 4.69) is 19.2 Å². The molecule has 0 aliphatic rings. The van der Waals surface area contributed by atoms with Gasteiger partial charge in [0.05, 0.1) is 0 Å². The van der Waals surface area contributed by atoms with Crippen molar-refractivity contribution in [3.63, 3.8) is 0 Å². The third-order valence-electron chi connectivity index (χ3n) is 3.74. The molecule has 0 aliphatic carbocycles. The zero-order valence-corrected chi connectivity index (χ0v) is 14.3. The first-order chi connectivity index (χ1) is 11.2. The van der Waals surface area contributed by atoms with Gasteiger partial charge in [-0.1, -0.05) is 57.0 Å². The Bertz CT molecular complexity index is 453. The van der Waals surface area contributed by atoms with E-state index in [1.807, 2.05) is 30.3 Å². The summed E-state index contributed by atoms with van der Waals surface area (Å²) < 4.78 is 5.21. The molecular formula is C19H29NO3. The number of esters is 1. The van der Waals surface area contributed by atoms with Gasteiger partial charge in [0.25, 0.3) is 0 Å². The lowest BCUT2D eigenvalue weighted by atomic mass is 9.97. The quantitative estimate of drug-likeness (QED) is 0.498. The third-order valence-corrected chi connectivity index (χ3v) is 3.74. The van der Waals surface area contributed by atoms with Crippen molar-refractivity contribution < 1.29 is 14.3 Å². The van der Waals surface area contributed by atoms with E-state index in [0.717, 1.165) is 31.2 Å². The van der Waals surface area contributed by atoms with Gasteiger partial charge in [0.1, 0.15) is 6.61 Å². The predicted octanol–water partition coefficient (Wildman–Crippen LogP) is 3.84. The first-order valence-electron chi connectivity index (χ1n) is 8.64. The summed E-state index contributed by atoms with van der Waals surface area (Å²) in [5.41, 5.74) is 0.983. The number of benzene rings is 1. The molecule has 0 saturated heterocycles. The standard InChI is InChI=1S/C19H29NO3/c1-3-9-17(10-4-2)19(22)20-14-8-13-18(21)23-15-16-11-6-5-7-12-16/h5-7,11-12,17H,3-4,8-10,13-15H2,1-2H3,(H,20,22). The smallest absolute Gasteiger partial charge is 0.306 e. The van der Waals surface area contributed by atoms with Crippen LogP contribution in [-0.2, 0) is 20.9 Å². The highest BCUT2D eigenvalue weighted by molar-refractivity contribution is 5.78. The van der Waals surface area contributed by atoms with Gasteiger partial charge < -0.3 is 10.1 Å². The number of amides is 1. The van der Waals surface area contributed by atoms with E-state index in [-0.39, 0.29) is 17.8 Å². The van der Waals surface area contributed by atoms with Gasteiger partial charge in [-0.3, -0.25) is 9.59 Å². The summed E-state index contributed by atoms with van der Waals surface area (Å²) in [6, 6.07) is 9.62. The fourth-order valence-electron chi connectivity index (χ4n) is 2.50. The topological polar surface area (TPSA) is 55.4 Å². The zero-order chi connectivity index (χ0) is 16.9. The van der Waals surface area contributed by atoms with Gasteiger partial charge in [-0.05, 0) is 24.8 Å². The van der Waals surface area contributed by atoms with Crippen LogP contribution in [0.1, 0.15) is 57.9 Å². The Labute approximate surface area is 139 Å². The monoisotopic (exact) mass is 319 g/mol. The molecule has 0 fully saturated rings. The van der Waals surface area contributed by atoms with Gasteiger partial charge >= 0.3 is 5.97 Å². The molecule has 0 spiro atoms. The van der Waals surface area contributed by atoms with Crippen LogP contribution in [0.5, 0.6) is 0 Å². The highest BCUT2D eigenvalue weighted by Crippen LogP contribution is 2.13. The van der Waals surface area contributed by atoms with Crippen molar-refractivity contribution in [2.45, 2.75) is 59.0 Å². The molecule has 1 aromatic rings. The van der Waals surface area contributed by atoms with E-state index in [4.69, 9.17) is 4.74 Å². The molecule has 0 aromatic heterocycles. The molecule has 0 bridgehead atoms. The number of carbonyl (C=O) groups excluding carboxylic acids is 2. The summed E-state index contributed by atoms with van der Waals surface area (Å²) in [4.78, 5) is 23.7. The van der Waals surface area contributed by atoms with Crippen molar-refractivity contribution in [1.29, 1.82) is 0 Å². The summed E-state index contributed by atoms with van der Waals surface area (Å²) in [6.07, 6.45) is 4.84. The second-order valence-electron chi connectivity index (χ2n) is 5.82. The molecule has 1 N–H and O–H groups in total. The van der Waals surface area contributed by atoms with Gasteiger partial charge in [0.2, 0.25) is 5.91 Å². The van der Waals surface area contributed by atoms with Gasteiger partial charge in [-0.2, -0.15) is 0 Å². The van der Waals surface area contributed by atoms with E-state index in [0.29, 0.717) is 26.0 Å². The van der Waals surface area contributed by atoms with Crippen LogP contribution in [0.4, 0.5) is 0 Å². The lowest BCUT2D eigenvalue weighted by Crippen LogP contribution is -2.31. The molecule has 0 heterocycles. The minimum absolute atomic E-state index is 0.107. The largest absolute Gasteiger partial charge is 0.461 e. The van der Waals surface area contributed by atoms with Crippen molar-refractivity contribution in [3.8, 4) is 0 Å². The number of ether oxygens (including phenoxy) is 1. The maximum absolute atomic E-state index is 12.1. The lowest BCUT2D eigenvalue weighted by molar-refractivity contribution is -0.145. The van der Waals surface area contributed by atoms with Crippen molar-refractivity contribution in [2.75, 3.05) is 6.54 Å². The molecule has 1 amide bonds. The van der Waals surface area contributed by atoms with Crippen molar-refractivity contribution in [3.05, 3.63) is 35.9 Å². The van der Waals surface area contributed by atoms with Crippen molar-refractivity contribution in [1.82, 2.24) is 5.32 Å². The summed E-state index contributed by atoms with van der Waals surface area (Å²) in [5, 5.41) is 2.93. The average Bonchev–Trinajstić information content (AvgIpc) is 2.57. The maximum Gasteiger partial charge on any atom is 0.306 e. The number of rotatable bonds is 11. The Morgan fingerprint density at radius 3 is 2.35 bits per heavy atom. The SMILES string of the molecule is CCCC(CCC)C(=O)NCCCC(=O)OCc1ccccc1.